The number of nitrogens with zero attached hydrogens (tertiary/aromatic N) is 1. The van der Waals surface area contributed by atoms with Gasteiger partial charge in [-0.1, -0.05) is 17.7 Å². The van der Waals surface area contributed by atoms with Crippen molar-refractivity contribution in [2.75, 3.05) is 27.3 Å². The lowest BCUT2D eigenvalue weighted by molar-refractivity contribution is 0.0769. The van der Waals surface area contributed by atoms with E-state index < -0.39 is 11.7 Å². The normalized spacial score (nSPS) is 10.3. The monoisotopic (exact) mass is 337 g/mol. The Bertz CT molecular complexity index is 693. The molecule has 0 atom stereocenters. The molecule has 6 heteroatoms. The van der Waals surface area contributed by atoms with Gasteiger partial charge in [0.25, 0.3) is 5.91 Å². The topological polar surface area (TPSA) is 38.8 Å². The molecule has 0 fully saturated rings. The number of rotatable bonds is 6. The molecule has 2 aromatic rings. The number of benzene rings is 2. The zero-order chi connectivity index (χ0) is 16.8. The molecule has 0 saturated carbocycles. The maximum atomic E-state index is 13.9. The number of likely N-dealkylation sites (N-methyl/N-ethyl adjacent to an activating group) is 1. The number of amides is 1. The molecule has 0 heterocycles. The summed E-state index contributed by atoms with van der Waals surface area (Å²) in [6, 6.07) is 11.1. The van der Waals surface area contributed by atoms with Crippen LogP contribution in [0.2, 0.25) is 5.02 Å². The lowest BCUT2D eigenvalue weighted by Crippen LogP contribution is -2.31. The minimum atomic E-state index is -0.614. The standard InChI is InChI=1S/C17H17ClFNO3/c1-20(8-9-23-14-5-3-4-12(18)10-14)17(21)15-7-6-13(22-2)11-16(15)19/h3-7,10-11H,8-9H2,1-2H3. The first kappa shape index (κ1) is 17.1. The molecule has 0 unspecified atom stereocenters. The van der Waals surface area contributed by atoms with Gasteiger partial charge >= 0.3 is 0 Å². The fourth-order valence-corrected chi connectivity index (χ4v) is 2.14. The molecule has 0 radical (unpaired) electrons. The maximum absolute atomic E-state index is 13.9. The van der Waals surface area contributed by atoms with Gasteiger partial charge in [-0.15, -0.1) is 0 Å². The molecule has 0 saturated heterocycles. The Morgan fingerprint density at radius 2 is 2.00 bits per heavy atom. The number of hydrogen-bond donors (Lipinski definition) is 0. The van der Waals surface area contributed by atoms with Crippen LogP contribution in [0.5, 0.6) is 11.5 Å². The van der Waals surface area contributed by atoms with Gasteiger partial charge < -0.3 is 14.4 Å². The van der Waals surface area contributed by atoms with Gasteiger partial charge in [0, 0.05) is 18.1 Å². The Morgan fingerprint density at radius 3 is 2.65 bits per heavy atom. The minimum Gasteiger partial charge on any atom is -0.497 e. The third-order valence-electron chi connectivity index (χ3n) is 3.24. The number of halogens is 2. The van der Waals surface area contributed by atoms with Crippen LogP contribution in [0.15, 0.2) is 42.5 Å². The van der Waals surface area contributed by atoms with Crippen LogP contribution in [-0.2, 0) is 0 Å². The summed E-state index contributed by atoms with van der Waals surface area (Å²) in [6.45, 7) is 0.594. The van der Waals surface area contributed by atoms with Gasteiger partial charge in [0.1, 0.15) is 23.9 Å². The molecule has 0 N–H and O–H groups in total. The summed E-state index contributed by atoms with van der Waals surface area (Å²) in [4.78, 5) is 13.6. The zero-order valence-corrected chi connectivity index (χ0v) is 13.6. The molecule has 23 heavy (non-hydrogen) atoms. The molecule has 0 aromatic heterocycles. The average molecular weight is 338 g/mol. The summed E-state index contributed by atoms with van der Waals surface area (Å²) in [5, 5.41) is 0.576. The lowest BCUT2D eigenvalue weighted by atomic mass is 10.2. The van der Waals surface area contributed by atoms with Crippen LogP contribution in [0.1, 0.15) is 10.4 Å². The van der Waals surface area contributed by atoms with E-state index in [0.717, 1.165) is 0 Å². The Balaban J connectivity index is 1.92. The molecule has 2 aromatic carbocycles. The summed E-state index contributed by atoms with van der Waals surface area (Å²) in [6.07, 6.45) is 0. The Hall–Kier alpha value is -2.27. The highest BCUT2D eigenvalue weighted by Crippen LogP contribution is 2.18. The number of ether oxygens (including phenoxy) is 2. The van der Waals surface area contributed by atoms with Crippen molar-refractivity contribution in [1.82, 2.24) is 4.90 Å². The van der Waals surface area contributed by atoms with E-state index in [4.69, 9.17) is 21.1 Å². The molecule has 4 nitrogen and oxygen atoms in total. The van der Waals surface area contributed by atoms with Crippen LogP contribution >= 0.6 is 11.6 Å². The van der Waals surface area contributed by atoms with Gasteiger partial charge in [-0.2, -0.15) is 0 Å². The summed E-state index contributed by atoms with van der Waals surface area (Å²) >= 11 is 5.86. The van der Waals surface area contributed by atoms with Gasteiger partial charge in [0.15, 0.2) is 0 Å². The van der Waals surface area contributed by atoms with Crippen molar-refractivity contribution >= 4 is 17.5 Å². The largest absolute Gasteiger partial charge is 0.497 e. The van der Waals surface area contributed by atoms with Crippen molar-refractivity contribution in [3.05, 3.63) is 58.9 Å². The fourth-order valence-electron chi connectivity index (χ4n) is 1.96. The Morgan fingerprint density at radius 1 is 1.22 bits per heavy atom. The molecule has 122 valence electrons. The molecule has 1 amide bonds. The van der Waals surface area contributed by atoms with Crippen LogP contribution in [0.3, 0.4) is 0 Å². The molecule has 0 aliphatic carbocycles. The van der Waals surface area contributed by atoms with Crippen LogP contribution < -0.4 is 9.47 Å². The van der Waals surface area contributed by atoms with Gasteiger partial charge in [-0.3, -0.25) is 4.79 Å². The highest BCUT2D eigenvalue weighted by Gasteiger charge is 2.16. The SMILES string of the molecule is COc1ccc(C(=O)N(C)CCOc2cccc(Cl)c2)c(F)c1. The van der Waals surface area contributed by atoms with Crippen molar-refractivity contribution in [3.63, 3.8) is 0 Å². The predicted molar refractivity (Wildman–Crippen MR) is 86.9 cm³/mol. The lowest BCUT2D eigenvalue weighted by Gasteiger charge is -2.18. The van der Waals surface area contributed by atoms with E-state index in [-0.39, 0.29) is 12.2 Å². The average Bonchev–Trinajstić information content (AvgIpc) is 2.54. The van der Waals surface area contributed by atoms with Crippen LogP contribution in [0, 0.1) is 5.82 Å². The predicted octanol–water partition coefficient (Wildman–Crippen LogP) is 3.64. The summed E-state index contributed by atoms with van der Waals surface area (Å²) in [5.74, 6) is -0.0447. The molecule has 0 aliphatic rings. The molecule has 0 aliphatic heterocycles. The first-order valence-corrected chi connectivity index (χ1v) is 7.36. The fraction of sp³-hybridized carbons (Fsp3) is 0.235. The highest BCUT2D eigenvalue weighted by molar-refractivity contribution is 6.30. The molecule has 2 rings (SSSR count). The van der Waals surface area contributed by atoms with Crippen LogP contribution in [-0.4, -0.2) is 38.1 Å². The molecular weight excluding hydrogens is 321 g/mol. The van der Waals surface area contributed by atoms with Gasteiger partial charge in [-0.25, -0.2) is 4.39 Å². The summed E-state index contributed by atoms with van der Waals surface area (Å²) in [7, 11) is 3.03. The maximum Gasteiger partial charge on any atom is 0.256 e. The van der Waals surface area contributed by atoms with Crippen molar-refractivity contribution in [2.24, 2.45) is 0 Å². The number of methoxy groups -OCH3 is 1. The van der Waals surface area contributed by atoms with E-state index in [0.29, 0.717) is 23.1 Å². The van der Waals surface area contributed by atoms with Crippen molar-refractivity contribution in [3.8, 4) is 11.5 Å². The van der Waals surface area contributed by atoms with E-state index in [1.54, 1.807) is 37.4 Å². The zero-order valence-electron chi connectivity index (χ0n) is 12.9. The van der Waals surface area contributed by atoms with E-state index in [1.807, 2.05) is 0 Å². The molecule has 0 spiro atoms. The minimum absolute atomic E-state index is 0.00365. The number of carbonyl (C=O) groups is 1. The molecule has 0 bridgehead atoms. The van der Waals surface area contributed by atoms with Gasteiger partial charge in [0.05, 0.1) is 19.2 Å². The van der Waals surface area contributed by atoms with E-state index in [2.05, 4.69) is 0 Å². The van der Waals surface area contributed by atoms with E-state index in [1.165, 1.54) is 24.1 Å². The smallest absolute Gasteiger partial charge is 0.256 e. The van der Waals surface area contributed by atoms with Gasteiger partial charge in [-0.05, 0) is 30.3 Å². The quantitative estimate of drug-likeness (QED) is 0.807. The Labute approximate surface area is 139 Å². The molecular formula is C17H17ClFNO3. The second-order valence-electron chi connectivity index (χ2n) is 4.88. The Kier molecular flexibility index (Phi) is 5.82. The van der Waals surface area contributed by atoms with Gasteiger partial charge in [0.2, 0.25) is 0 Å². The van der Waals surface area contributed by atoms with E-state index in [9.17, 15) is 9.18 Å². The third kappa shape index (κ3) is 4.60. The van der Waals surface area contributed by atoms with Crippen molar-refractivity contribution in [2.45, 2.75) is 0 Å². The highest BCUT2D eigenvalue weighted by atomic mass is 35.5. The van der Waals surface area contributed by atoms with Crippen molar-refractivity contribution in [1.29, 1.82) is 0 Å². The van der Waals surface area contributed by atoms with Crippen LogP contribution in [0.25, 0.3) is 0 Å². The van der Waals surface area contributed by atoms with Crippen LogP contribution in [0.4, 0.5) is 4.39 Å². The van der Waals surface area contributed by atoms with Crippen molar-refractivity contribution < 1.29 is 18.7 Å². The second-order valence-corrected chi connectivity index (χ2v) is 5.31. The summed E-state index contributed by atoms with van der Waals surface area (Å²) in [5.41, 5.74) is -0.00365. The van der Waals surface area contributed by atoms with E-state index >= 15 is 0 Å². The summed E-state index contributed by atoms with van der Waals surface area (Å²) < 4.78 is 24.3. The number of carbonyl (C=O) groups excluding carboxylic acids is 1. The first-order chi connectivity index (χ1) is 11.0. The number of hydrogen-bond acceptors (Lipinski definition) is 3. The second kappa shape index (κ2) is 7.83. The third-order valence-corrected chi connectivity index (χ3v) is 3.48. The first-order valence-electron chi connectivity index (χ1n) is 6.98.